The van der Waals surface area contributed by atoms with Gasteiger partial charge in [-0.25, -0.2) is 17.8 Å². The number of nitrogens with one attached hydrogen (secondary N) is 1. The predicted octanol–water partition coefficient (Wildman–Crippen LogP) is 6.42. The number of hydrogen-bond acceptors (Lipinski definition) is 6. The molecule has 2 unspecified atom stereocenters. The second-order valence-corrected chi connectivity index (χ2v) is 13.1. The number of likely N-dealkylation sites (tertiary alicyclic amines) is 1. The topological polar surface area (TPSA) is 79.4 Å². The van der Waals surface area contributed by atoms with Gasteiger partial charge in [-0.15, -0.1) is 22.7 Å². The van der Waals surface area contributed by atoms with Gasteiger partial charge in [-0.2, -0.15) is 0 Å². The molecule has 6 nitrogen and oxygen atoms in total. The second kappa shape index (κ2) is 9.50. The number of rotatable bonds is 5. The number of carbonyl (C=O) groups is 1. The van der Waals surface area contributed by atoms with Crippen LogP contribution < -0.4 is 4.72 Å². The van der Waals surface area contributed by atoms with Crippen molar-refractivity contribution < 1.29 is 17.6 Å². The number of piperidine rings is 1. The van der Waals surface area contributed by atoms with Gasteiger partial charge >= 0.3 is 0 Å². The zero-order valence-corrected chi connectivity index (χ0v) is 21.8. The number of anilines is 1. The molecule has 5 rings (SSSR count). The Morgan fingerprint density at radius 3 is 2.63 bits per heavy atom. The molecule has 1 saturated heterocycles. The lowest BCUT2D eigenvalue weighted by atomic mass is 9.89. The third kappa shape index (κ3) is 4.93. The van der Waals surface area contributed by atoms with Crippen molar-refractivity contribution >= 4 is 66.1 Å². The van der Waals surface area contributed by atoms with Crippen LogP contribution in [0.4, 0.5) is 10.1 Å². The Kier molecular flexibility index (Phi) is 6.56. The summed E-state index contributed by atoms with van der Waals surface area (Å²) in [5.41, 5.74) is 1.42. The zero-order chi connectivity index (χ0) is 24.7. The summed E-state index contributed by atoms with van der Waals surface area (Å²) in [5.74, 6) is -0.688. The Balaban J connectivity index is 1.36. The van der Waals surface area contributed by atoms with Crippen molar-refractivity contribution in [2.24, 2.45) is 0 Å². The van der Waals surface area contributed by atoms with Gasteiger partial charge in [0, 0.05) is 19.4 Å². The third-order valence-electron chi connectivity index (χ3n) is 6.08. The largest absolute Gasteiger partial charge is 0.335 e. The first kappa shape index (κ1) is 24.2. The number of carbonyl (C=O) groups excluding carboxylic acids is 1. The first-order chi connectivity index (χ1) is 16.7. The Hall–Kier alpha value is -2.53. The molecule has 3 heterocycles. The summed E-state index contributed by atoms with van der Waals surface area (Å²) in [4.78, 5) is 19.1. The molecule has 0 spiro atoms. The van der Waals surface area contributed by atoms with Gasteiger partial charge in [0.05, 0.1) is 31.3 Å². The van der Waals surface area contributed by atoms with Crippen LogP contribution in [0.25, 0.3) is 10.2 Å². The van der Waals surface area contributed by atoms with Crippen LogP contribution >= 0.6 is 34.3 Å². The van der Waals surface area contributed by atoms with Gasteiger partial charge in [0.1, 0.15) is 10.0 Å². The molecular formula is C24H21ClFN3O3S3. The standard InChI is InChI=1S/C24H21ClFN3O3S3/c1-14(30)29-13-16(24-27-19-4-2-3-5-21(19)33-24)7-9-20(29)15-6-8-18(17(26)12-15)28-35(31,32)23-11-10-22(25)34-23/h2-6,8,10-12,16,20,28H,7,9,13H2,1H3. The fourth-order valence-electron chi connectivity index (χ4n) is 4.39. The van der Waals surface area contributed by atoms with Crippen molar-refractivity contribution in [1.82, 2.24) is 9.88 Å². The van der Waals surface area contributed by atoms with Crippen LogP contribution in [-0.2, 0) is 14.8 Å². The van der Waals surface area contributed by atoms with Gasteiger partial charge in [0.2, 0.25) is 5.91 Å². The average Bonchev–Trinajstić information content (AvgIpc) is 3.46. The molecule has 0 saturated carbocycles. The van der Waals surface area contributed by atoms with Gasteiger partial charge in [0.15, 0.2) is 0 Å². The predicted molar refractivity (Wildman–Crippen MR) is 138 cm³/mol. The summed E-state index contributed by atoms with van der Waals surface area (Å²) in [6.45, 7) is 2.01. The van der Waals surface area contributed by atoms with Gasteiger partial charge in [-0.05, 0) is 54.8 Å². The molecule has 1 aliphatic heterocycles. The lowest BCUT2D eigenvalue weighted by molar-refractivity contribution is -0.133. The van der Waals surface area contributed by atoms with E-state index in [-0.39, 0.29) is 27.8 Å². The quantitative estimate of drug-likeness (QED) is 0.311. The van der Waals surface area contributed by atoms with E-state index < -0.39 is 15.8 Å². The molecule has 1 fully saturated rings. The molecule has 1 N–H and O–H groups in total. The molecule has 2 aromatic carbocycles. The van der Waals surface area contributed by atoms with Crippen LogP contribution in [0.15, 0.2) is 58.8 Å². The second-order valence-electron chi connectivity index (χ2n) is 8.38. The Morgan fingerprint density at radius 2 is 1.94 bits per heavy atom. The molecule has 1 aliphatic rings. The van der Waals surface area contributed by atoms with Crippen LogP contribution in [0.2, 0.25) is 4.34 Å². The SMILES string of the molecule is CC(=O)N1CC(c2nc3ccccc3s2)CCC1c1ccc(NS(=O)(=O)c2ccc(Cl)s2)c(F)c1. The van der Waals surface area contributed by atoms with E-state index in [1.807, 2.05) is 24.3 Å². The Bertz CT molecular complexity index is 1490. The van der Waals surface area contributed by atoms with Crippen LogP contribution in [0.3, 0.4) is 0 Å². The fourth-order valence-corrected chi connectivity index (χ4v) is 8.03. The van der Waals surface area contributed by atoms with Gasteiger partial charge < -0.3 is 4.90 Å². The number of fused-ring (bicyclic) bond motifs is 1. The highest BCUT2D eigenvalue weighted by molar-refractivity contribution is 7.94. The first-order valence-corrected chi connectivity index (χ1v) is 14.4. The minimum atomic E-state index is -3.95. The Morgan fingerprint density at radius 1 is 1.14 bits per heavy atom. The van der Waals surface area contributed by atoms with E-state index in [2.05, 4.69) is 4.72 Å². The average molecular weight is 550 g/mol. The van der Waals surface area contributed by atoms with Crippen LogP contribution in [0.5, 0.6) is 0 Å². The maximum Gasteiger partial charge on any atom is 0.271 e. The third-order valence-corrected chi connectivity index (χ3v) is 10.4. The summed E-state index contributed by atoms with van der Waals surface area (Å²) in [6, 6.07) is 14.9. The molecule has 11 heteroatoms. The number of halogens is 2. The maximum absolute atomic E-state index is 15.0. The lowest BCUT2D eigenvalue weighted by Crippen LogP contribution is -2.40. The van der Waals surface area contributed by atoms with Gasteiger partial charge in [-0.3, -0.25) is 9.52 Å². The number of benzene rings is 2. The number of sulfonamides is 1. The Labute approximate surface area is 215 Å². The highest BCUT2D eigenvalue weighted by Gasteiger charge is 2.33. The van der Waals surface area contributed by atoms with Crippen LogP contribution in [-0.4, -0.2) is 30.8 Å². The summed E-state index contributed by atoms with van der Waals surface area (Å²) >= 11 is 8.37. The van der Waals surface area contributed by atoms with E-state index in [0.717, 1.165) is 33.0 Å². The minimum Gasteiger partial charge on any atom is -0.335 e. The molecule has 0 aliphatic carbocycles. The fraction of sp³-hybridized carbons (Fsp3) is 0.250. The van der Waals surface area contributed by atoms with Crippen molar-refractivity contribution in [2.45, 2.75) is 35.9 Å². The molecule has 1 amide bonds. The monoisotopic (exact) mass is 549 g/mol. The zero-order valence-electron chi connectivity index (χ0n) is 18.6. The smallest absolute Gasteiger partial charge is 0.271 e. The summed E-state index contributed by atoms with van der Waals surface area (Å²) < 4.78 is 43.8. The van der Waals surface area contributed by atoms with Crippen LogP contribution in [0, 0.1) is 5.82 Å². The normalized spacial score (nSPS) is 18.7. The van der Waals surface area contributed by atoms with E-state index in [9.17, 15) is 17.6 Å². The van der Waals surface area contributed by atoms with Crippen molar-refractivity contribution in [3.05, 3.63) is 75.3 Å². The molecule has 4 aromatic rings. The van der Waals surface area contributed by atoms with E-state index in [1.165, 1.54) is 31.2 Å². The number of amides is 1. The van der Waals surface area contributed by atoms with Crippen molar-refractivity contribution in [3.8, 4) is 0 Å². The van der Waals surface area contributed by atoms with E-state index in [1.54, 1.807) is 22.3 Å². The molecule has 2 aromatic heterocycles. The highest BCUT2D eigenvalue weighted by Crippen LogP contribution is 2.40. The molecule has 0 bridgehead atoms. The number of para-hydroxylation sites is 1. The molecule has 2 atom stereocenters. The number of hydrogen-bond donors (Lipinski definition) is 1. The summed E-state index contributed by atoms with van der Waals surface area (Å²) in [6.07, 6.45) is 1.46. The minimum absolute atomic E-state index is 0.00176. The van der Waals surface area contributed by atoms with E-state index in [4.69, 9.17) is 16.6 Å². The van der Waals surface area contributed by atoms with Gasteiger partial charge in [0.25, 0.3) is 10.0 Å². The maximum atomic E-state index is 15.0. The summed E-state index contributed by atoms with van der Waals surface area (Å²) in [5, 5.41) is 1.00. The number of thiazole rings is 1. The van der Waals surface area contributed by atoms with E-state index >= 15 is 0 Å². The van der Waals surface area contributed by atoms with E-state index in [0.29, 0.717) is 22.9 Å². The first-order valence-electron chi connectivity index (χ1n) is 10.9. The molecular weight excluding hydrogens is 529 g/mol. The number of nitrogens with zero attached hydrogens (tertiary/aromatic N) is 2. The van der Waals surface area contributed by atoms with Crippen molar-refractivity contribution in [1.29, 1.82) is 0 Å². The summed E-state index contributed by atoms with van der Waals surface area (Å²) in [7, 11) is -3.95. The molecule has 35 heavy (non-hydrogen) atoms. The molecule has 0 radical (unpaired) electrons. The lowest BCUT2D eigenvalue weighted by Gasteiger charge is -2.39. The van der Waals surface area contributed by atoms with Crippen molar-refractivity contribution in [3.63, 3.8) is 0 Å². The molecule has 182 valence electrons. The number of aromatic nitrogens is 1. The highest BCUT2D eigenvalue weighted by atomic mass is 35.5. The van der Waals surface area contributed by atoms with Gasteiger partial charge in [-0.1, -0.05) is 29.8 Å². The van der Waals surface area contributed by atoms with Crippen molar-refractivity contribution in [2.75, 3.05) is 11.3 Å². The number of thiophene rings is 1. The van der Waals surface area contributed by atoms with Crippen LogP contribution in [0.1, 0.15) is 42.3 Å².